The van der Waals surface area contributed by atoms with Crippen molar-refractivity contribution in [2.24, 2.45) is 4.99 Å². The van der Waals surface area contributed by atoms with Crippen molar-refractivity contribution >= 4 is 22.2 Å². The number of benzene rings is 1. The summed E-state index contributed by atoms with van der Waals surface area (Å²) in [6.07, 6.45) is 1.79. The Hall–Kier alpha value is -1.16. The second-order valence-corrected chi connectivity index (χ2v) is 5.46. The van der Waals surface area contributed by atoms with Crippen LogP contribution in [-0.2, 0) is 16.3 Å². The third-order valence-corrected chi connectivity index (χ3v) is 2.83. The van der Waals surface area contributed by atoms with E-state index in [1.807, 2.05) is 24.3 Å². The van der Waals surface area contributed by atoms with Crippen LogP contribution in [0.15, 0.2) is 29.3 Å². The molecule has 0 atom stereocenters. The third-order valence-electron chi connectivity index (χ3n) is 1.88. The SMILES string of the molecule is C=Nc1ccc(CCS(C)(=O)=O)cc1. The Bertz CT molecular complexity index is 406. The van der Waals surface area contributed by atoms with Gasteiger partial charge in [-0.2, -0.15) is 0 Å². The maximum atomic E-state index is 10.9. The third kappa shape index (κ3) is 3.70. The molecule has 0 amide bonds. The summed E-state index contributed by atoms with van der Waals surface area (Å²) in [5.41, 5.74) is 1.80. The first-order chi connectivity index (χ1) is 6.51. The highest BCUT2D eigenvalue weighted by Crippen LogP contribution is 2.12. The van der Waals surface area contributed by atoms with Gasteiger partial charge in [0.2, 0.25) is 0 Å². The highest BCUT2D eigenvalue weighted by Gasteiger charge is 2.02. The zero-order valence-electron chi connectivity index (χ0n) is 8.10. The molecule has 1 aromatic carbocycles. The minimum atomic E-state index is -2.87. The molecule has 0 fully saturated rings. The van der Waals surface area contributed by atoms with Crippen LogP contribution in [0.2, 0.25) is 0 Å². The lowest BCUT2D eigenvalue weighted by Crippen LogP contribution is -2.05. The number of hydrogen-bond donors (Lipinski definition) is 0. The molecule has 0 saturated heterocycles. The monoisotopic (exact) mass is 211 g/mol. The van der Waals surface area contributed by atoms with Crippen LogP contribution in [0.25, 0.3) is 0 Å². The number of nitrogens with zero attached hydrogens (tertiary/aromatic N) is 1. The highest BCUT2D eigenvalue weighted by atomic mass is 32.2. The van der Waals surface area contributed by atoms with E-state index in [9.17, 15) is 8.42 Å². The molecule has 3 nitrogen and oxygen atoms in total. The van der Waals surface area contributed by atoms with E-state index in [-0.39, 0.29) is 5.75 Å². The van der Waals surface area contributed by atoms with E-state index in [4.69, 9.17) is 0 Å². The fourth-order valence-electron chi connectivity index (χ4n) is 1.07. The first-order valence-corrected chi connectivity index (χ1v) is 6.31. The molecule has 1 rings (SSSR count). The second-order valence-electron chi connectivity index (χ2n) is 3.20. The fourth-order valence-corrected chi connectivity index (χ4v) is 1.68. The molecule has 0 bridgehead atoms. The predicted octanol–water partition coefficient (Wildman–Crippen LogP) is 1.61. The molecule has 0 aliphatic carbocycles. The van der Waals surface area contributed by atoms with Gasteiger partial charge in [0.05, 0.1) is 11.4 Å². The summed E-state index contributed by atoms with van der Waals surface area (Å²) in [7, 11) is -2.87. The standard InChI is InChI=1S/C10H13NO2S/c1-11-10-5-3-9(4-6-10)7-8-14(2,12)13/h3-6H,1,7-8H2,2H3. The van der Waals surface area contributed by atoms with Crippen molar-refractivity contribution in [3.8, 4) is 0 Å². The number of aliphatic imine (C=N–C) groups is 1. The van der Waals surface area contributed by atoms with Gasteiger partial charge < -0.3 is 0 Å². The molecule has 0 saturated carbocycles. The Balaban J connectivity index is 2.65. The molecule has 0 aliphatic heterocycles. The van der Waals surface area contributed by atoms with E-state index < -0.39 is 9.84 Å². The summed E-state index contributed by atoms with van der Waals surface area (Å²) < 4.78 is 21.8. The molecule has 0 N–H and O–H groups in total. The maximum absolute atomic E-state index is 10.9. The zero-order chi connectivity index (χ0) is 10.6. The van der Waals surface area contributed by atoms with Crippen molar-refractivity contribution in [3.05, 3.63) is 29.8 Å². The van der Waals surface area contributed by atoms with Gasteiger partial charge in [-0.1, -0.05) is 12.1 Å². The van der Waals surface area contributed by atoms with Gasteiger partial charge in [0.25, 0.3) is 0 Å². The van der Waals surface area contributed by atoms with Crippen molar-refractivity contribution in [1.29, 1.82) is 0 Å². The van der Waals surface area contributed by atoms with Gasteiger partial charge in [0.1, 0.15) is 9.84 Å². The van der Waals surface area contributed by atoms with Crippen molar-refractivity contribution in [3.63, 3.8) is 0 Å². The maximum Gasteiger partial charge on any atom is 0.147 e. The van der Waals surface area contributed by atoms with Gasteiger partial charge in [-0.25, -0.2) is 8.42 Å². The van der Waals surface area contributed by atoms with E-state index in [0.717, 1.165) is 11.3 Å². The Morgan fingerprint density at radius 2 is 1.86 bits per heavy atom. The summed E-state index contributed by atoms with van der Waals surface area (Å²) in [5.74, 6) is 0.188. The molecule has 0 spiro atoms. The molecule has 14 heavy (non-hydrogen) atoms. The van der Waals surface area contributed by atoms with Crippen LogP contribution in [0.3, 0.4) is 0 Å². The lowest BCUT2D eigenvalue weighted by atomic mass is 10.1. The van der Waals surface area contributed by atoms with Gasteiger partial charge in [-0.05, 0) is 30.8 Å². The molecule has 0 heterocycles. The summed E-state index contributed by atoms with van der Waals surface area (Å²) in [5, 5.41) is 0. The van der Waals surface area contributed by atoms with Crippen LogP contribution in [-0.4, -0.2) is 27.1 Å². The number of hydrogen-bond acceptors (Lipinski definition) is 3. The van der Waals surface area contributed by atoms with E-state index in [0.29, 0.717) is 6.42 Å². The molecule has 0 aliphatic rings. The van der Waals surface area contributed by atoms with Crippen LogP contribution < -0.4 is 0 Å². The molecule has 0 aromatic heterocycles. The number of sulfone groups is 1. The number of aryl methyl sites for hydroxylation is 1. The van der Waals surface area contributed by atoms with Crippen LogP contribution in [0.5, 0.6) is 0 Å². The molecular weight excluding hydrogens is 198 g/mol. The van der Waals surface area contributed by atoms with E-state index in [1.165, 1.54) is 6.26 Å². The van der Waals surface area contributed by atoms with E-state index in [2.05, 4.69) is 11.7 Å². The van der Waals surface area contributed by atoms with E-state index >= 15 is 0 Å². The summed E-state index contributed by atoms with van der Waals surface area (Å²) in [6.45, 7) is 3.40. The van der Waals surface area contributed by atoms with Crippen molar-refractivity contribution in [1.82, 2.24) is 0 Å². The van der Waals surface area contributed by atoms with Gasteiger partial charge in [0.15, 0.2) is 0 Å². The second kappa shape index (κ2) is 4.37. The topological polar surface area (TPSA) is 46.5 Å². The quantitative estimate of drug-likeness (QED) is 0.710. The molecule has 0 unspecified atom stereocenters. The van der Waals surface area contributed by atoms with Crippen LogP contribution in [0.1, 0.15) is 5.56 Å². The smallest absolute Gasteiger partial charge is 0.147 e. The Labute approximate surface area is 84.4 Å². The molecule has 4 heteroatoms. The number of rotatable bonds is 4. The Morgan fingerprint density at radius 3 is 2.29 bits per heavy atom. The summed E-state index contributed by atoms with van der Waals surface area (Å²) >= 11 is 0. The Morgan fingerprint density at radius 1 is 1.29 bits per heavy atom. The lowest BCUT2D eigenvalue weighted by molar-refractivity contribution is 0.601. The Kier molecular flexibility index (Phi) is 3.41. The first-order valence-electron chi connectivity index (χ1n) is 4.25. The van der Waals surface area contributed by atoms with Gasteiger partial charge in [0, 0.05) is 6.26 Å². The summed E-state index contributed by atoms with van der Waals surface area (Å²) in [4.78, 5) is 3.75. The van der Waals surface area contributed by atoms with Crippen molar-refractivity contribution in [2.75, 3.05) is 12.0 Å². The van der Waals surface area contributed by atoms with Gasteiger partial charge in [-0.3, -0.25) is 4.99 Å². The molecule has 1 aromatic rings. The average Bonchev–Trinajstić information content (AvgIpc) is 2.14. The van der Waals surface area contributed by atoms with Gasteiger partial charge in [-0.15, -0.1) is 0 Å². The van der Waals surface area contributed by atoms with Crippen LogP contribution in [0.4, 0.5) is 5.69 Å². The van der Waals surface area contributed by atoms with Crippen molar-refractivity contribution < 1.29 is 8.42 Å². The molecule has 0 radical (unpaired) electrons. The average molecular weight is 211 g/mol. The molecule has 76 valence electrons. The zero-order valence-corrected chi connectivity index (χ0v) is 8.92. The molecular formula is C10H13NO2S. The first kappa shape index (κ1) is 10.9. The van der Waals surface area contributed by atoms with E-state index in [1.54, 1.807) is 0 Å². The largest absolute Gasteiger partial charge is 0.265 e. The summed E-state index contributed by atoms with van der Waals surface area (Å²) in [6, 6.07) is 7.39. The minimum absolute atomic E-state index is 0.188. The highest BCUT2D eigenvalue weighted by molar-refractivity contribution is 7.90. The predicted molar refractivity (Wildman–Crippen MR) is 59.1 cm³/mol. The van der Waals surface area contributed by atoms with Gasteiger partial charge >= 0.3 is 0 Å². The minimum Gasteiger partial charge on any atom is -0.265 e. The van der Waals surface area contributed by atoms with Crippen LogP contribution >= 0.6 is 0 Å². The van der Waals surface area contributed by atoms with Crippen molar-refractivity contribution in [2.45, 2.75) is 6.42 Å². The van der Waals surface area contributed by atoms with Crippen LogP contribution in [0, 0.1) is 0 Å². The normalized spacial score (nSPS) is 11.2. The lowest BCUT2D eigenvalue weighted by Gasteiger charge is -2.00. The fraction of sp³-hybridized carbons (Fsp3) is 0.300.